The number of thioether (sulfide) groups is 1. The van der Waals surface area contributed by atoms with E-state index in [1.807, 2.05) is 31.2 Å². The van der Waals surface area contributed by atoms with Crippen LogP contribution in [0.5, 0.6) is 0 Å². The zero-order chi connectivity index (χ0) is 19.1. The van der Waals surface area contributed by atoms with E-state index in [0.29, 0.717) is 18.3 Å². The SMILES string of the molecule is CCCCOC(=O)[C@@H]1CS[C@H](CC(C)C)N1C(=O)Nc1ccccc1C. The van der Waals surface area contributed by atoms with E-state index in [1.165, 1.54) is 0 Å². The second kappa shape index (κ2) is 9.86. The molecule has 0 spiro atoms. The molecule has 1 aromatic rings. The molecule has 0 radical (unpaired) electrons. The summed E-state index contributed by atoms with van der Waals surface area (Å²) in [6.07, 6.45) is 2.67. The number of nitrogens with zero attached hydrogens (tertiary/aromatic N) is 1. The Morgan fingerprint density at radius 2 is 2.08 bits per heavy atom. The van der Waals surface area contributed by atoms with Gasteiger partial charge in [-0.2, -0.15) is 0 Å². The molecule has 144 valence electrons. The number of unbranched alkanes of at least 4 members (excludes halogenated alkanes) is 1. The molecule has 1 aliphatic heterocycles. The summed E-state index contributed by atoms with van der Waals surface area (Å²) in [6, 6.07) is 6.91. The van der Waals surface area contributed by atoms with Crippen molar-refractivity contribution in [3.05, 3.63) is 29.8 Å². The monoisotopic (exact) mass is 378 g/mol. The maximum atomic E-state index is 13.0. The number of hydrogen-bond donors (Lipinski definition) is 1. The minimum absolute atomic E-state index is 0.0113. The summed E-state index contributed by atoms with van der Waals surface area (Å²) in [5.74, 6) is 0.733. The third-order valence-electron chi connectivity index (χ3n) is 4.40. The predicted octanol–water partition coefficient (Wildman–Crippen LogP) is 4.66. The number of amides is 2. The summed E-state index contributed by atoms with van der Waals surface area (Å²) in [7, 11) is 0. The van der Waals surface area contributed by atoms with Crippen LogP contribution in [-0.2, 0) is 9.53 Å². The third-order valence-corrected chi connectivity index (χ3v) is 5.71. The molecule has 0 saturated carbocycles. The summed E-state index contributed by atoms with van der Waals surface area (Å²) in [4.78, 5) is 27.2. The van der Waals surface area contributed by atoms with Gasteiger partial charge in [-0.15, -0.1) is 11.8 Å². The fraction of sp³-hybridized carbons (Fsp3) is 0.600. The van der Waals surface area contributed by atoms with Gasteiger partial charge in [-0.3, -0.25) is 4.90 Å². The van der Waals surface area contributed by atoms with Crippen molar-refractivity contribution in [1.82, 2.24) is 4.90 Å². The summed E-state index contributed by atoms with van der Waals surface area (Å²) in [5.41, 5.74) is 1.77. The maximum absolute atomic E-state index is 13.0. The lowest BCUT2D eigenvalue weighted by atomic mass is 10.1. The van der Waals surface area contributed by atoms with Crippen molar-refractivity contribution in [2.24, 2.45) is 5.92 Å². The van der Waals surface area contributed by atoms with Crippen molar-refractivity contribution in [2.45, 2.75) is 58.4 Å². The van der Waals surface area contributed by atoms with E-state index in [0.717, 1.165) is 30.5 Å². The van der Waals surface area contributed by atoms with Gasteiger partial charge in [0, 0.05) is 11.4 Å². The van der Waals surface area contributed by atoms with E-state index in [-0.39, 0.29) is 17.4 Å². The van der Waals surface area contributed by atoms with Crippen LogP contribution in [-0.4, -0.2) is 40.7 Å². The van der Waals surface area contributed by atoms with Gasteiger partial charge in [0.2, 0.25) is 0 Å². The Balaban J connectivity index is 2.14. The number of carbonyl (C=O) groups excluding carboxylic acids is 2. The second-order valence-corrected chi connectivity index (χ2v) is 8.32. The van der Waals surface area contributed by atoms with Crippen LogP contribution >= 0.6 is 11.8 Å². The number of carbonyl (C=O) groups is 2. The fourth-order valence-electron chi connectivity index (χ4n) is 2.91. The molecule has 1 saturated heterocycles. The Labute approximate surface area is 160 Å². The summed E-state index contributed by atoms with van der Waals surface area (Å²) in [6.45, 7) is 8.69. The number of aryl methyl sites for hydroxylation is 1. The number of benzene rings is 1. The number of ether oxygens (including phenoxy) is 1. The lowest BCUT2D eigenvalue weighted by Crippen LogP contribution is -2.48. The van der Waals surface area contributed by atoms with E-state index in [1.54, 1.807) is 16.7 Å². The van der Waals surface area contributed by atoms with Crippen molar-refractivity contribution in [1.29, 1.82) is 0 Å². The number of nitrogens with one attached hydrogen (secondary N) is 1. The maximum Gasteiger partial charge on any atom is 0.329 e. The number of hydrogen-bond acceptors (Lipinski definition) is 4. The van der Waals surface area contributed by atoms with Crippen molar-refractivity contribution >= 4 is 29.4 Å². The average molecular weight is 379 g/mol. The normalized spacial score (nSPS) is 19.7. The quantitative estimate of drug-likeness (QED) is 0.554. The van der Waals surface area contributed by atoms with Gasteiger partial charge in [0.1, 0.15) is 6.04 Å². The molecule has 0 bridgehead atoms. The number of para-hydroxylation sites is 1. The molecular formula is C20H30N2O3S. The molecule has 1 heterocycles. The molecule has 0 aliphatic carbocycles. The van der Waals surface area contributed by atoms with Crippen molar-refractivity contribution in [2.75, 3.05) is 17.7 Å². The van der Waals surface area contributed by atoms with Crippen molar-refractivity contribution in [3.63, 3.8) is 0 Å². The molecule has 0 unspecified atom stereocenters. The highest BCUT2D eigenvalue weighted by atomic mass is 32.2. The summed E-state index contributed by atoms with van der Waals surface area (Å²) < 4.78 is 5.40. The van der Waals surface area contributed by atoms with Crippen molar-refractivity contribution in [3.8, 4) is 0 Å². The van der Waals surface area contributed by atoms with Crippen LogP contribution in [0.1, 0.15) is 45.6 Å². The van der Waals surface area contributed by atoms with Gasteiger partial charge in [0.05, 0.1) is 12.0 Å². The highest BCUT2D eigenvalue weighted by Gasteiger charge is 2.42. The largest absolute Gasteiger partial charge is 0.464 e. The van der Waals surface area contributed by atoms with Crippen molar-refractivity contribution < 1.29 is 14.3 Å². The van der Waals surface area contributed by atoms with Crippen LogP contribution in [0.15, 0.2) is 24.3 Å². The fourth-order valence-corrected chi connectivity index (χ4v) is 4.53. The predicted molar refractivity (Wildman–Crippen MR) is 107 cm³/mol. The Morgan fingerprint density at radius 3 is 2.73 bits per heavy atom. The third kappa shape index (κ3) is 5.40. The molecule has 1 fully saturated rings. The zero-order valence-electron chi connectivity index (χ0n) is 16.2. The van der Waals surface area contributed by atoms with E-state index >= 15 is 0 Å². The molecule has 2 amide bonds. The molecule has 26 heavy (non-hydrogen) atoms. The first-order valence-corrected chi connectivity index (χ1v) is 10.4. The molecule has 0 aromatic heterocycles. The van der Waals surface area contributed by atoms with Crippen LogP contribution in [0.4, 0.5) is 10.5 Å². The van der Waals surface area contributed by atoms with E-state index < -0.39 is 6.04 Å². The summed E-state index contributed by atoms with van der Waals surface area (Å²) in [5, 5.41) is 2.96. The van der Waals surface area contributed by atoms with Crippen LogP contribution in [0.2, 0.25) is 0 Å². The molecule has 5 nitrogen and oxygen atoms in total. The van der Waals surface area contributed by atoms with Gasteiger partial charge >= 0.3 is 12.0 Å². The number of rotatable bonds is 7. The lowest BCUT2D eigenvalue weighted by Gasteiger charge is -2.29. The van der Waals surface area contributed by atoms with Gasteiger partial charge < -0.3 is 10.1 Å². The van der Waals surface area contributed by atoms with E-state index in [9.17, 15) is 9.59 Å². The first kappa shape index (κ1) is 20.6. The van der Waals surface area contributed by atoms with Gasteiger partial charge in [-0.25, -0.2) is 9.59 Å². The van der Waals surface area contributed by atoms with E-state index in [2.05, 4.69) is 26.1 Å². The highest BCUT2D eigenvalue weighted by molar-refractivity contribution is 8.00. The van der Waals surface area contributed by atoms with Crippen LogP contribution in [0, 0.1) is 12.8 Å². The topological polar surface area (TPSA) is 58.6 Å². The lowest BCUT2D eigenvalue weighted by molar-refractivity contribution is -0.148. The van der Waals surface area contributed by atoms with Gasteiger partial charge in [0.15, 0.2) is 0 Å². The summed E-state index contributed by atoms with van der Waals surface area (Å²) >= 11 is 1.66. The smallest absolute Gasteiger partial charge is 0.329 e. The molecule has 6 heteroatoms. The Hall–Kier alpha value is -1.69. The van der Waals surface area contributed by atoms with Crippen LogP contribution in [0.25, 0.3) is 0 Å². The number of esters is 1. The first-order chi connectivity index (χ1) is 12.4. The standard InChI is InChI=1S/C20H30N2O3S/c1-5-6-11-25-19(23)17-13-26-18(12-14(2)3)22(17)20(24)21-16-10-8-7-9-15(16)4/h7-10,14,17-18H,5-6,11-13H2,1-4H3,(H,21,24)/t17-,18+/m0/s1. The van der Waals surface area contributed by atoms with Gasteiger partial charge in [-0.05, 0) is 37.3 Å². The molecular weight excluding hydrogens is 348 g/mol. The molecule has 2 rings (SSSR count). The molecule has 2 atom stereocenters. The van der Waals surface area contributed by atoms with E-state index in [4.69, 9.17) is 4.74 Å². The minimum atomic E-state index is -0.523. The van der Waals surface area contributed by atoms with Crippen LogP contribution < -0.4 is 5.32 Å². The zero-order valence-corrected chi connectivity index (χ0v) is 17.0. The molecule has 1 N–H and O–H groups in total. The minimum Gasteiger partial charge on any atom is -0.464 e. The second-order valence-electron chi connectivity index (χ2n) is 7.11. The van der Waals surface area contributed by atoms with Crippen LogP contribution in [0.3, 0.4) is 0 Å². The highest BCUT2D eigenvalue weighted by Crippen LogP contribution is 2.34. The Morgan fingerprint density at radius 1 is 1.35 bits per heavy atom. The first-order valence-electron chi connectivity index (χ1n) is 9.37. The van der Waals surface area contributed by atoms with Gasteiger partial charge in [-0.1, -0.05) is 45.4 Å². The number of anilines is 1. The van der Waals surface area contributed by atoms with Gasteiger partial charge in [0.25, 0.3) is 0 Å². The Kier molecular flexibility index (Phi) is 7.82. The average Bonchev–Trinajstić information content (AvgIpc) is 3.00. The number of urea groups is 1. The molecule has 1 aliphatic rings. The Bertz CT molecular complexity index is 621. The molecule has 1 aromatic carbocycles.